The highest BCUT2D eigenvalue weighted by molar-refractivity contribution is 8.01. The Balaban J connectivity index is 1.58. The van der Waals surface area contributed by atoms with Crippen LogP contribution in [-0.2, 0) is 35.1 Å². The summed E-state index contributed by atoms with van der Waals surface area (Å²) in [6.45, 7) is 8.19. The number of amides is 2. The maximum absolute atomic E-state index is 12.8. The van der Waals surface area contributed by atoms with Gasteiger partial charge in [-0.3, -0.25) is 14.4 Å². The Morgan fingerprint density at radius 1 is 1.16 bits per heavy atom. The van der Waals surface area contributed by atoms with Gasteiger partial charge in [-0.1, -0.05) is 12.1 Å². The molecule has 2 aliphatic heterocycles. The fraction of sp³-hybridized carbons (Fsp3) is 0.545. The number of fused-ring (bicyclic) bond motifs is 1. The van der Waals surface area contributed by atoms with Gasteiger partial charge in [0, 0.05) is 4.75 Å². The van der Waals surface area contributed by atoms with Crippen molar-refractivity contribution in [2.24, 2.45) is 5.41 Å². The lowest BCUT2D eigenvalue weighted by Gasteiger charge is -2.43. The fourth-order valence-corrected chi connectivity index (χ4v) is 5.21. The summed E-state index contributed by atoms with van der Waals surface area (Å²) in [4.78, 5) is 51.1. The highest BCUT2D eigenvalue weighted by Crippen LogP contribution is 2.51. The van der Waals surface area contributed by atoms with Crippen LogP contribution in [0, 0.1) is 5.41 Å². The van der Waals surface area contributed by atoms with Crippen LogP contribution >= 0.6 is 11.8 Å². The predicted molar refractivity (Wildman–Crippen MR) is 116 cm³/mol. The van der Waals surface area contributed by atoms with Gasteiger partial charge in [-0.05, 0) is 52.3 Å². The van der Waals surface area contributed by atoms with Crippen LogP contribution in [0.15, 0.2) is 24.3 Å². The highest BCUT2D eigenvalue weighted by atomic mass is 32.2. The molecule has 0 spiro atoms. The number of phenolic OH excluding ortho intramolecular Hbond substituents is 1. The zero-order valence-electron chi connectivity index (χ0n) is 18.7. The van der Waals surface area contributed by atoms with Crippen LogP contribution in [0.1, 0.15) is 40.2 Å². The minimum atomic E-state index is -0.858. The van der Waals surface area contributed by atoms with Crippen LogP contribution in [0.2, 0.25) is 0 Å². The number of ether oxygens (including phenoxy) is 2. The van der Waals surface area contributed by atoms with Crippen molar-refractivity contribution in [3.63, 3.8) is 0 Å². The molecule has 0 radical (unpaired) electrons. The summed E-state index contributed by atoms with van der Waals surface area (Å²) in [6, 6.07) is 4.65. The maximum atomic E-state index is 12.8. The van der Waals surface area contributed by atoms with Crippen molar-refractivity contribution in [1.82, 2.24) is 10.2 Å². The second-order valence-corrected chi connectivity index (χ2v) is 11.2. The number of nitrogens with one attached hydrogen (secondary N) is 1. The monoisotopic (exact) mass is 464 g/mol. The maximum Gasteiger partial charge on any atom is 0.333 e. The zero-order chi connectivity index (χ0) is 23.8. The summed E-state index contributed by atoms with van der Waals surface area (Å²) in [7, 11) is 0. The van der Waals surface area contributed by atoms with Gasteiger partial charge >= 0.3 is 11.9 Å². The summed E-state index contributed by atoms with van der Waals surface area (Å²) in [5.41, 5.74) is -0.0199. The molecular formula is C22H28N2O7S. The minimum absolute atomic E-state index is 0.0649. The SMILES string of the molecule is CC(C)(C)C(=O)OCOC(=O)C1N2C(=O)C(NC(=O)Cc3ccc(O)cc3)C2SC1(C)C. The Morgan fingerprint density at radius 3 is 2.38 bits per heavy atom. The Kier molecular flexibility index (Phi) is 6.46. The molecule has 2 amide bonds. The first kappa shape index (κ1) is 23.9. The standard InChI is InChI=1S/C22H28N2O7S/c1-21(2,3)20(29)31-11-30-19(28)16-22(4,5)32-18-15(17(27)24(16)18)23-14(26)10-12-6-8-13(25)9-7-12/h6-9,15-16,18,25H,10-11H2,1-5H3,(H,23,26). The molecule has 10 heteroatoms. The van der Waals surface area contributed by atoms with Crippen LogP contribution in [0.25, 0.3) is 0 Å². The quantitative estimate of drug-likeness (QED) is 0.370. The zero-order valence-corrected chi connectivity index (χ0v) is 19.5. The number of β-lactam (4-membered cyclic amide) rings is 1. The summed E-state index contributed by atoms with van der Waals surface area (Å²) in [5.74, 6) is -1.74. The van der Waals surface area contributed by atoms with Crippen molar-refractivity contribution < 1.29 is 33.8 Å². The number of carbonyl (C=O) groups excluding carboxylic acids is 4. The summed E-state index contributed by atoms with van der Waals surface area (Å²) in [6.07, 6.45) is 0.0649. The molecule has 32 heavy (non-hydrogen) atoms. The van der Waals surface area contributed by atoms with E-state index in [-0.39, 0.29) is 24.0 Å². The summed E-state index contributed by atoms with van der Waals surface area (Å²) in [5, 5.41) is 11.7. The predicted octanol–water partition coefficient (Wildman–Crippen LogP) is 1.57. The van der Waals surface area contributed by atoms with Crippen LogP contribution in [0.3, 0.4) is 0 Å². The molecule has 0 aliphatic carbocycles. The van der Waals surface area contributed by atoms with E-state index in [1.807, 2.05) is 13.8 Å². The normalized spacial score (nSPS) is 23.7. The molecule has 9 nitrogen and oxygen atoms in total. The van der Waals surface area contributed by atoms with Gasteiger partial charge in [0.15, 0.2) is 0 Å². The Morgan fingerprint density at radius 2 is 1.78 bits per heavy atom. The van der Waals surface area contributed by atoms with Crippen molar-refractivity contribution in [3.05, 3.63) is 29.8 Å². The van der Waals surface area contributed by atoms with E-state index in [0.717, 1.165) is 0 Å². The Labute approximate surface area is 190 Å². The second kappa shape index (κ2) is 8.65. The molecule has 3 unspecified atom stereocenters. The summed E-state index contributed by atoms with van der Waals surface area (Å²) >= 11 is 1.41. The molecule has 2 heterocycles. The highest BCUT2D eigenvalue weighted by Gasteiger charge is 2.64. The lowest BCUT2D eigenvalue weighted by atomic mass is 9.96. The van der Waals surface area contributed by atoms with Gasteiger partial charge in [0.25, 0.3) is 0 Å². The van der Waals surface area contributed by atoms with Gasteiger partial charge in [-0.25, -0.2) is 4.79 Å². The molecule has 3 rings (SSSR count). The van der Waals surface area contributed by atoms with Crippen molar-refractivity contribution in [1.29, 1.82) is 0 Å². The van der Waals surface area contributed by atoms with Gasteiger partial charge in [0.2, 0.25) is 18.6 Å². The Hall–Kier alpha value is -2.75. The average Bonchev–Trinajstić information content (AvgIpc) is 2.95. The third-order valence-corrected chi connectivity index (χ3v) is 6.86. The smallest absolute Gasteiger partial charge is 0.333 e. The van der Waals surface area contributed by atoms with E-state index >= 15 is 0 Å². The third-order valence-electron chi connectivity index (χ3n) is 5.29. The number of hydrogen-bond donors (Lipinski definition) is 2. The fourth-order valence-electron chi connectivity index (χ4n) is 3.59. The molecule has 1 aromatic carbocycles. The van der Waals surface area contributed by atoms with Crippen LogP contribution in [0.5, 0.6) is 5.75 Å². The van der Waals surface area contributed by atoms with Crippen LogP contribution in [0.4, 0.5) is 0 Å². The number of aromatic hydroxyl groups is 1. The van der Waals surface area contributed by atoms with E-state index in [4.69, 9.17) is 9.47 Å². The number of nitrogens with zero attached hydrogens (tertiary/aromatic N) is 1. The second-order valence-electron chi connectivity index (χ2n) is 9.41. The van der Waals surface area contributed by atoms with Crippen molar-refractivity contribution in [2.45, 2.75) is 63.2 Å². The van der Waals surface area contributed by atoms with E-state index in [1.165, 1.54) is 28.8 Å². The number of esters is 2. The van der Waals surface area contributed by atoms with E-state index < -0.39 is 46.4 Å². The van der Waals surface area contributed by atoms with Crippen molar-refractivity contribution in [3.8, 4) is 5.75 Å². The number of rotatable bonds is 6. The van der Waals surface area contributed by atoms with E-state index in [2.05, 4.69) is 5.32 Å². The van der Waals surface area contributed by atoms with Crippen LogP contribution in [-0.4, -0.2) is 62.8 Å². The Bertz CT molecular complexity index is 923. The van der Waals surface area contributed by atoms with Crippen molar-refractivity contribution >= 4 is 35.5 Å². The molecule has 0 bridgehead atoms. The molecule has 2 fully saturated rings. The number of thioether (sulfide) groups is 1. The first-order valence-electron chi connectivity index (χ1n) is 10.2. The molecule has 3 atom stereocenters. The molecule has 2 N–H and O–H groups in total. The lowest BCUT2D eigenvalue weighted by molar-refractivity contribution is -0.180. The molecule has 0 saturated carbocycles. The third kappa shape index (κ3) is 4.85. The lowest BCUT2D eigenvalue weighted by Crippen LogP contribution is -2.70. The van der Waals surface area contributed by atoms with E-state index in [1.54, 1.807) is 32.9 Å². The van der Waals surface area contributed by atoms with E-state index in [0.29, 0.717) is 5.56 Å². The van der Waals surface area contributed by atoms with Gasteiger partial charge < -0.3 is 24.8 Å². The van der Waals surface area contributed by atoms with Gasteiger partial charge in [-0.15, -0.1) is 11.8 Å². The van der Waals surface area contributed by atoms with E-state index in [9.17, 15) is 24.3 Å². The molecule has 0 aromatic heterocycles. The van der Waals surface area contributed by atoms with Gasteiger partial charge in [0.1, 0.15) is 23.2 Å². The minimum Gasteiger partial charge on any atom is -0.508 e. The largest absolute Gasteiger partial charge is 0.508 e. The topological polar surface area (TPSA) is 122 Å². The molecular weight excluding hydrogens is 436 g/mol. The molecule has 2 aliphatic rings. The number of carbonyl (C=O) groups is 4. The number of benzene rings is 1. The molecule has 2 saturated heterocycles. The molecule has 174 valence electrons. The summed E-state index contributed by atoms with van der Waals surface area (Å²) < 4.78 is 9.47. The van der Waals surface area contributed by atoms with Gasteiger partial charge in [-0.2, -0.15) is 0 Å². The first-order chi connectivity index (χ1) is 14.8. The number of phenols is 1. The van der Waals surface area contributed by atoms with Gasteiger partial charge in [0.05, 0.1) is 11.8 Å². The first-order valence-corrected chi connectivity index (χ1v) is 11.1. The van der Waals surface area contributed by atoms with Crippen LogP contribution < -0.4 is 5.32 Å². The average molecular weight is 465 g/mol. The molecule has 1 aromatic rings. The number of hydrogen-bond acceptors (Lipinski definition) is 8. The van der Waals surface area contributed by atoms with Crippen molar-refractivity contribution in [2.75, 3.05) is 6.79 Å².